The van der Waals surface area contributed by atoms with Crippen LogP contribution in [0.15, 0.2) is 78.9 Å². The van der Waals surface area contributed by atoms with Crippen molar-refractivity contribution in [2.75, 3.05) is 0 Å². The van der Waals surface area contributed by atoms with Crippen LogP contribution in [0.4, 0.5) is 0 Å². The molecule has 1 atom stereocenters. The molecule has 1 heterocycles. The van der Waals surface area contributed by atoms with Crippen LogP contribution in [-0.2, 0) is 11.2 Å². The zero-order valence-corrected chi connectivity index (χ0v) is 16.0. The van der Waals surface area contributed by atoms with Gasteiger partial charge in [-0.3, -0.25) is 14.5 Å². The molecule has 29 heavy (non-hydrogen) atoms. The SMILES string of the molecule is O=C(Oc1ccc(Cl)cc1)[C@H](Cc1ccccc1)N1C(=O)c2ccccc2C1=O. The first-order valence-corrected chi connectivity index (χ1v) is 9.40. The molecule has 5 nitrogen and oxygen atoms in total. The van der Waals surface area contributed by atoms with Gasteiger partial charge < -0.3 is 4.74 Å². The number of hydrogen-bond acceptors (Lipinski definition) is 4. The highest BCUT2D eigenvalue weighted by molar-refractivity contribution is 6.30. The van der Waals surface area contributed by atoms with Gasteiger partial charge in [-0.15, -0.1) is 0 Å². The summed E-state index contributed by atoms with van der Waals surface area (Å²) >= 11 is 5.87. The summed E-state index contributed by atoms with van der Waals surface area (Å²) in [5, 5.41) is 0.506. The molecule has 2 amide bonds. The number of ether oxygens (including phenoxy) is 1. The second-order valence-electron chi connectivity index (χ2n) is 6.61. The van der Waals surface area contributed by atoms with Crippen LogP contribution in [0.5, 0.6) is 5.75 Å². The summed E-state index contributed by atoms with van der Waals surface area (Å²) in [6.07, 6.45) is 0.152. The molecule has 144 valence electrons. The molecule has 0 unspecified atom stereocenters. The van der Waals surface area contributed by atoms with Gasteiger partial charge >= 0.3 is 5.97 Å². The number of carbonyl (C=O) groups is 3. The van der Waals surface area contributed by atoms with Gasteiger partial charge in [0.25, 0.3) is 11.8 Å². The molecule has 1 aliphatic rings. The lowest BCUT2D eigenvalue weighted by atomic mass is 10.0. The maximum absolute atomic E-state index is 13.0. The Hall–Kier alpha value is -3.44. The topological polar surface area (TPSA) is 63.7 Å². The summed E-state index contributed by atoms with van der Waals surface area (Å²) in [6, 6.07) is 20.9. The average molecular weight is 406 g/mol. The van der Waals surface area contributed by atoms with Crippen molar-refractivity contribution in [3.05, 3.63) is 101 Å². The van der Waals surface area contributed by atoms with Crippen LogP contribution in [-0.4, -0.2) is 28.7 Å². The van der Waals surface area contributed by atoms with E-state index in [4.69, 9.17) is 16.3 Å². The molecular weight excluding hydrogens is 390 g/mol. The number of esters is 1. The van der Waals surface area contributed by atoms with Crippen LogP contribution in [0.3, 0.4) is 0 Å². The molecule has 3 aromatic carbocycles. The first-order valence-electron chi connectivity index (χ1n) is 9.02. The number of nitrogens with zero attached hydrogens (tertiary/aromatic N) is 1. The number of hydrogen-bond donors (Lipinski definition) is 0. The van der Waals surface area contributed by atoms with Gasteiger partial charge in [-0.1, -0.05) is 54.1 Å². The Bertz CT molecular complexity index is 1040. The van der Waals surface area contributed by atoms with Crippen LogP contribution in [0.25, 0.3) is 0 Å². The number of rotatable bonds is 5. The van der Waals surface area contributed by atoms with E-state index in [-0.39, 0.29) is 23.3 Å². The third-order valence-corrected chi connectivity index (χ3v) is 4.97. The highest BCUT2D eigenvalue weighted by Crippen LogP contribution is 2.27. The first-order chi connectivity index (χ1) is 14.0. The molecule has 0 bridgehead atoms. The molecule has 1 aliphatic heterocycles. The summed E-state index contributed by atoms with van der Waals surface area (Å²) in [5.74, 6) is -1.40. The van der Waals surface area contributed by atoms with Gasteiger partial charge in [-0.25, -0.2) is 4.79 Å². The molecule has 0 saturated heterocycles. The van der Waals surface area contributed by atoms with Gasteiger partial charge in [-0.2, -0.15) is 0 Å². The van der Waals surface area contributed by atoms with Gasteiger partial charge in [0.15, 0.2) is 0 Å². The van der Waals surface area contributed by atoms with E-state index in [0.29, 0.717) is 5.02 Å². The molecule has 0 N–H and O–H groups in total. The fourth-order valence-electron chi connectivity index (χ4n) is 3.30. The largest absolute Gasteiger partial charge is 0.425 e. The summed E-state index contributed by atoms with van der Waals surface area (Å²) in [4.78, 5) is 39.9. The third-order valence-electron chi connectivity index (χ3n) is 4.71. The minimum atomic E-state index is -1.10. The zero-order chi connectivity index (χ0) is 20.4. The summed E-state index contributed by atoms with van der Waals surface area (Å²) in [6.45, 7) is 0. The Morgan fingerprint density at radius 2 is 1.38 bits per heavy atom. The minimum Gasteiger partial charge on any atom is -0.425 e. The van der Waals surface area contributed by atoms with E-state index in [1.54, 1.807) is 48.5 Å². The molecule has 4 rings (SSSR count). The quantitative estimate of drug-likeness (QED) is 0.363. The van der Waals surface area contributed by atoms with Crippen LogP contribution >= 0.6 is 11.6 Å². The van der Waals surface area contributed by atoms with E-state index in [0.717, 1.165) is 10.5 Å². The number of halogens is 1. The smallest absolute Gasteiger partial charge is 0.335 e. The molecule has 3 aromatic rings. The minimum absolute atomic E-state index is 0.152. The number of amides is 2. The normalized spacial score (nSPS) is 13.9. The van der Waals surface area contributed by atoms with Crippen molar-refractivity contribution in [3.63, 3.8) is 0 Å². The van der Waals surface area contributed by atoms with Crippen molar-refractivity contribution < 1.29 is 19.1 Å². The predicted octanol–water partition coefficient (Wildman–Crippen LogP) is 4.15. The van der Waals surface area contributed by atoms with Gasteiger partial charge in [0.2, 0.25) is 0 Å². The fourth-order valence-corrected chi connectivity index (χ4v) is 3.42. The Labute approximate surface area is 172 Å². The molecule has 0 aliphatic carbocycles. The highest BCUT2D eigenvalue weighted by Gasteiger charge is 2.43. The number of benzene rings is 3. The Kier molecular flexibility index (Phi) is 5.14. The lowest BCUT2D eigenvalue weighted by Crippen LogP contribution is -2.48. The van der Waals surface area contributed by atoms with Crippen molar-refractivity contribution in [1.82, 2.24) is 4.90 Å². The van der Waals surface area contributed by atoms with Gasteiger partial charge in [-0.05, 0) is 42.0 Å². The van der Waals surface area contributed by atoms with Crippen LogP contribution in [0.2, 0.25) is 5.02 Å². The van der Waals surface area contributed by atoms with Crippen molar-refractivity contribution in [1.29, 1.82) is 0 Å². The second-order valence-corrected chi connectivity index (χ2v) is 7.04. The van der Waals surface area contributed by atoms with Crippen molar-refractivity contribution in [2.24, 2.45) is 0 Å². The summed E-state index contributed by atoms with van der Waals surface area (Å²) in [5.41, 5.74) is 1.38. The summed E-state index contributed by atoms with van der Waals surface area (Å²) < 4.78 is 5.47. The van der Waals surface area contributed by atoms with Crippen molar-refractivity contribution >= 4 is 29.4 Å². The highest BCUT2D eigenvalue weighted by atomic mass is 35.5. The maximum Gasteiger partial charge on any atom is 0.335 e. The van der Waals surface area contributed by atoms with E-state index in [1.807, 2.05) is 30.3 Å². The number of carbonyl (C=O) groups excluding carboxylic acids is 3. The lowest BCUT2D eigenvalue weighted by Gasteiger charge is -2.24. The molecule has 0 spiro atoms. The average Bonchev–Trinajstić information content (AvgIpc) is 2.99. The monoisotopic (exact) mass is 405 g/mol. The van der Waals surface area contributed by atoms with Crippen LogP contribution in [0.1, 0.15) is 26.3 Å². The third kappa shape index (κ3) is 3.77. The molecule has 0 fully saturated rings. The second kappa shape index (κ2) is 7.89. The molecule has 0 radical (unpaired) electrons. The van der Waals surface area contributed by atoms with E-state index < -0.39 is 23.8 Å². The van der Waals surface area contributed by atoms with E-state index >= 15 is 0 Å². The Morgan fingerprint density at radius 1 is 0.828 bits per heavy atom. The van der Waals surface area contributed by atoms with Gasteiger partial charge in [0.05, 0.1) is 11.1 Å². The van der Waals surface area contributed by atoms with Gasteiger partial charge in [0, 0.05) is 11.4 Å². The molecule has 0 aromatic heterocycles. The maximum atomic E-state index is 13.0. The lowest BCUT2D eigenvalue weighted by molar-refractivity contribution is -0.138. The van der Waals surface area contributed by atoms with Crippen molar-refractivity contribution in [2.45, 2.75) is 12.5 Å². The summed E-state index contributed by atoms with van der Waals surface area (Å²) in [7, 11) is 0. The van der Waals surface area contributed by atoms with Gasteiger partial charge in [0.1, 0.15) is 11.8 Å². The molecule has 0 saturated carbocycles. The number of fused-ring (bicyclic) bond motifs is 1. The Morgan fingerprint density at radius 3 is 1.97 bits per heavy atom. The van der Waals surface area contributed by atoms with E-state index in [9.17, 15) is 14.4 Å². The predicted molar refractivity (Wildman–Crippen MR) is 108 cm³/mol. The first kappa shape index (κ1) is 18.9. The van der Waals surface area contributed by atoms with Crippen LogP contribution in [0, 0.1) is 0 Å². The number of imide groups is 1. The van der Waals surface area contributed by atoms with Crippen LogP contribution < -0.4 is 4.74 Å². The van der Waals surface area contributed by atoms with E-state index in [1.165, 1.54) is 0 Å². The zero-order valence-electron chi connectivity index (χ0n) is 15.2. The van der Waals surface area contributed by atoms with E-state index in [2.05, 4.69) is 0 Å². The molecular formula is C23H16ClNO4. The van der Waals surface area contributed by atoms with Crippen molar-refractivity contribution in [3.8, 4) is 5.75 Å². The standard InChI is InChI=1S/C23H16ClNO4/c24-16-10-12-17(13-11-16)29-23(28)20(14-15-6-2-1-3-7-15)25-21(26)18-8-4-5-9-19(18)22(25)27/h1-13,20H,14H2/t20-/m0/s1. The molecule has 6 heteroatoms. The fraction of sp³-hybridized carbons (Fsp3) is 0.0870. The Balaban J connectivity index is 1.67.